The number of hydrogen-bond acceptors (Lipinski definition) is 3. The van der Waals surface area contributed by atoms with Gasteiger partial charge in [0.15, 0.2) is 0 Å². The van der Waals surface area contributed by atoms with E-state index < -0.39 is 11.6 Å². The summed E-state index contributed by atoms with van der Waals surface area (Å²) >= 11 is 0. The Kier molecular flexibility index (Phi) is 1.41. The summed E-state index contributed by atoms with van der Waals surface area (Å²) in [5.74, 6) is -0.780. The van der Waals surface area contributed by atoms with Crippen LogP contribution in [0.4, 0.5) is 10.2 Å². The summed E-state index contributed by atoms with van der Waals surface area (Å²) in [6.45, 7) is 0. The molecule has 0 aliphatic rings. The second kappa shape index (κ2) is 2.09. The van der Waals surface area contributed by atoms with Crippen LogP contribution in [0.5, 0.6) is 0 Å². The lowest BCUT2D eigenvalue weighted by Gasteiger charge is -1.98. The van der Waals surface area contributed by atoms with Gasteiger partial charge in [0.1, 0.15) is 5.82 Å². The first-order valence-electron chi connectivity index (χ1n) is 2.60. The molecule has 0 unspecified atom stereocenters. The van der Waals surface area contributed by atoms with Gasteiger partial charge in [0.2, 0.25) is 5.95 Å². The monoisotopic (exact) mass is 143 g/mol. The molecule has 10 heavy (non-hydrogen) atoms. The largest absolute Gasteiger partial charge is 0.385 e. The molecule has 2 N–H and O–H groups in total. The van der Waals surface area contributed by atoms with Crippen molar-refractivity contribution in [3.8, 4) is 0 Å². The first-order chi connectivity index (χ1) is 4.61. The van der Waals surface area contributed by atoms with E-state index in [1.165, 1.54) is 7.05 Å². The van der Waals surface area contributed by atoms with E-state index >= 15 is 0 Å². The maximum atomic E-state index is 12.2. The Hall–Kier alpha value is -1.39. The predicted molar refractivity (Wildman–Crippen MR) is 33.8 cm³/mol. The van der Waals surface area contributed by atoms with Crippen LogP contribution in [0.2, 0.25) is 0 Å². The normalized spacial score (nSPS) is 9.80. The smallest absolute Gasteiger partial charge is 0.351 e. The average molecular weight is 143 g/mol. The third-order valence-electron chi connectivity index (χ3n) is 1.14. The van der Waals surface area contributed by atoms with Gasteiger partial charge in [-0.05, 0) is 0 Å². The lowest BCUT2D eigenvalue weighted by molar-refractivity contribution is 0.564. The summed E-state index contributed by atoms with van der Waals surface area (Å²) in [5.41, 5.74) is 4.52. The Morgan fingerprint density at radius 3 is 2.90 bits per heavy atom. The van der Waals surface area contributed by atoms with E-state index in [2.05, 4.69) is 4.98 Å². The third kappa shape index (κ3) is 0.975. The van der Waals surface area contributed by atoms with Gasteiger partial charge in [-0.25, -0.2) is 4.79 Å². The Bertz CT molecular complexity index is 306. The van der Waals surface area contributed by atoms with E-state index in [0.29, 0.717) is 0 Å². The molecule has 0 aromatic carbocycles. The zero-order valence-electron chi connectivity index (χ0n) is 5.34. The van der Waals surface area contributed by atoms with Crippen LogP contribution in [-0.4, -0.2) is 9.55 Å². The predicted octanol–water partition coefficient (Wildman–Crippen LogP) is -0.498. The summed E-state index contributed by atoms with van der Waals surface area (Å²) in [4.78, 5) is 13.6. The first-order valence-corrected chi connectivity index (χ1v) is 2.60. The Labute approximate surface area is 56.1 Å². The summed E-state index contributed by atoms with van der Waals surface area (Å²) in [6.07, 6.45) is 0. The fourth-order valence-corrected chi connectivity index (χ4v) is 0.528. The highest BCUT2D eigenvalue weighted by molar-refractivity contribution is 5.25. The minimum atomic E-state index is -0.847. The van der Waals surface area contributed by atoms with Gasteiger partial charge in [-0.2, -0.15) is 9.37 Å². The van der Waals surface area contributed by atoms with E-state index in [0.717, 1.165) is 10.6 Å². The van der Waals surface area contributed by atoms with Gasteiger partial charge in [0.25, 0.3) is 0 Å². The minimum Gasteiger partial charge on any atom is -0.385 e. The highest BCUT2D eigenvalue weighted by atomic mass is 19.1. The Morgan fingerprint density at radius 2 is 2.40 bits per heavy atom. The molecule has 0 saturated heterocycles. The number of nitrogen functional groups attached to an aromatic ring is 1. The molecule has 1 aromatic heterocycles. The number of aromatic nitrogens is 2. The molecule has 0 aliphatic carbocycles. The lowest BCUT2D eigenvalue weighted by atomic mass is 10.6. The van der Waals surface area contributed by atoms with Gasteiger partial charge in [-0.3, -0.25) is 4.57 Å². The maximum absolute atomic E-state index is 12.2. The van der Waals surface area contributed by atoms with Crippen LogP contribution in [-0.2, 0) is 7.05 Å². The van der Waals surface area contributed by atoms with Crippen LogP contribution < -0.4 is 11.4 Å². The van der Waals surface area contributed by atoms with E-state index in [1.54, 1.807) is 0 Å². The first kappa shape index (κ1) is 6.73. The van der Waals surface area contributed by atoms with Crippen molar-refractivity contribution in [1.29, 1.82) is 0 Å². The molecular weight excluding hydrogens is 137 g/mol. The van der Waals surface area contributed by atoms with Crippen LogP contribution in [0.1, 0.15) is 0 Å². The lowest BCUT2D eigenvalue weighted by Crippen LogP contribution is -2.23. The van der Waals surface area contributed by atoms with Gasteiger partial charge in [0, 0.05) is 13.1 Å². The van der Waals surface area contributed by atoms with Crippen molar-refractivity contribution >= 4 is 5.82 Å². The summed E-state index contributed by atoms with van der Waals surface area (Å²) in [6, 6.07) is 0.988. The zero-order valence-corrected chi connectivity index (χ0v) is 5.34. The van der Waals surface area contributed by atoms with E-state index in [-0.39, 0.29) is 5.82 Å². The molecule has 1 aromatic rings. The third-order valence-corrected chi connectivity index (χ3v) is 1.14. The van der Waals surface area contributed by atoms with Crippen LogP contribution in [0.15, 0.2) is 10.9 Å². The number of hydrogen-bond donors (Lipinski definition) is 1. The number of halogens is 1. The van der Waals surface area contributed by atoms with Crippen LogP contribution in [0.25, 0.3) is 0 Å². The fraction of sp³-hybridized carbons (Fsp3) is 0.200. The zero-order chi connectivity index (χ0) is 7.72. The average Bonchev–Trinajstić information content (AvgIpc) is 1.82. The van der Waals surface area contributed by atoms with Crippen molar-refractivity contribution in [2.45, 2.75) is 0 Å². The van der Waals surface area contributed by atoms with E-state index in [9.17, 15) is 9.18 Å². The summed E-state index contributed by atoms with van der Waals surface area (Å²) < 4.78 is 13.3. The fourth-order valence-electron chi connectivity index (χ4n) is 0.528. The quantitative estimate of drug-likeness (QED) is 0.498. The van der Waals surface area contributed by atoms with Gasteiger partial charge >= 0.3 is 5.69 Å². The molecule has 4 nitrogen and oxygen atoms in total. The topological polar surface area (TPSA) is 60.9 Å². The molecule has 0 spiro atoms. The van der Waals surface area contributed by atoms with Crippen molar-refractivity contribution in [3.05, 3.63) is 22.5 Å². The van der Waals surface area contributed by atoms with Crippen LogP contribution >= 0.6 is 0 Å². The SMILES string of the molecule is Cn1c(N)cc(F)nc1=O. The highest BCUT2D eigenvalue weighted by Gasteiger charge is 1.98. The van der Waals surface area contributed by atoms with Crippen molar-refractivity contribution in [2.24, 2.45) is 7.05 Å². The number of nitrogens with two attached hydrogens (primary N) is 1. The molecule has 0 fully saturated rings. The number of rotatable bonds is 0. The maximum Gasteiger partial charge on any atom is 0.351 e. The molecule has 0 radical (unpaired) electrons. The molecule has 0 bridgehead atoms. The second-order valence-corrected chi connectivity index (χ2v) is 1.85. The number of nitrogens with zero attached hydrogens (tertiary/aromatic N) is 2. The van der Waals surface area contributed by atoms with E-state index in [1.807, 2.05) is 0 Å². The van der Waals surface area contributed by atoms with Gasteiger partial charge in [0.05, 0.1) is 0 Å². The Morgan fingerprint density at radius 1 is 1.80 bits per heavy atom. The molecule has 0 aliphatic heterocycles. The van der Waals surface area contributed by atoms with Crippen LogP contribution in [0, 0.1) is 5.95 Å². The van der Waals surface area contributed by atoms with Crippen LogP contribution in [0.3, 0.4) is 0 Å². The van der Waals surface area contributed by atoms with Crippen molar-refractivity contribution in [2.75, 3.05) is 5.73 Å². The molecular formula is C5H6FN3O. The minimum absolute atomic E-state index is 0.0671. The van der Waals surface area contributed by atoms with E-state index in [4.69, 9.17) is 5.73 Å². The molecule has 5 heteroatoms. The molecule has 1 heterocycles. The molecule has 1 rings (SSSR count). The second-order valence-electron chi connectivity index (χ2n) is 1.85. The molecule has 0 atom stereocenters. The highest BCUT2D eigenvalue weighted by Crippen LogP contribution is 1.95. The van der Waals surface area contributed by atoms with Gasteiger partial charge in [-0.15, -0.1) is 0 Å². The Balaban J connectivity index is 3.46. The molecule has 0 amide bonds. The van der Waals surface area contributed by atoms with Crippen molar-refractivity contribution in [3.63, 3.8) is 0 Å². The number of anilines is 1. The van der Waals surface area contributed by atoms with Crippen molar-refractivity contribution in [1.82, 2.24) is 9.55 Å². The summed E-state index contributed by atoms with van der Waals surface area (Å²) in [7, 11) is 1.42. The van der Waals surface area contributed by atoms with Gasteiger partial charge < -0.3 is 5.73 Å². The molecule has 54 valence electrons. The van der Waals surface area contributed by atoms with Gasteiger partial charge in [-0.1, -0.05) is 0 Å². The molecule has 0 saturated carbocycles. The summed E-state index contributed by atoms with van der Waals surface area (Å²) in [5, 5.41) is 0. The standard InChI is InChI=1S/C5H6FN3O/c1-9-4(7)2-3(6)8-5(9)10/h2H,7H2,1H3. The van der Waals surface area contributed by atoms with Crippen molar-refractivity contribution < 1.29 is 4.39 Å².